The summed E-state index contributed by atoms with van der Waals surface area (Å²) in [5, 5.41) is 14.4. The summed E-state index contributed by atoms with van der Waals surface area (Å²) >= 11 is 5.86. The monoisotopic (exact) mass is 296 g/mol. The van der Waals surface area contributed by atoms with Crippen LogP contribution in [0, 0.1) is 5.92 Å². The van der Waals surface area contributed by atoms with E-state index in [9.17, 15) is 5.11 Å². The number of nitrogens with zero attached hydrogens (tertiary/aromatic N) is 1. The maximum absolute atomic E-state index is 10.2. The van der Waals surface area contributed by atoms with E-state index in [1.807, 2.05) is 24.3 Å². The first-order valence-electron chi connectivity index (χ1n) is 7.49. The standard InChI is InChI=1S/C16H25ClN2O/c1-3-19-9-8-15(12(2)11-19)18-10-16(20)13-4-6-14(17)7-5-13/h4-7,12,15-16,18,20H,3,8-11H2,1-2H3. The minimum absolute atomic E-state index is 0.469. The second kappa shape index (κ2) is 7.41. The zero-order valence-corrected chi connectivity index (χ0v) is 13.1. The number of likely N-dealkylation sites (tertiary alicyclic amines) is 1. The highest BCUT2D eigenvalue weighted by Gasteiger charge is 2.25. The molecule has 0 radical (unpaired) electrons. The molecule has 1 aromatic carbocycles. The summed E-state index contributed by atoms with van der Waals surface area (Å²) in [6.45, 7) is 8.52. The molecule has 3 nitrogen and oxygen atoms in total. The molecule has 0 spiro atoms. The summed E-state index contributed by atoms with van der Waals surface area (Å²) in [5.74, 6) is 0.626. The van der Waals surface area contributed by atoms with E-state index in [1.165, 1.54) is 0 Å². The Morgan fingerprint density at radius 2 is 2.10 bits per heavy atom. The fourth-order valence-electron chi connectivity index (χ4n) is 2.89. The number of hydrogen-bond acceptors (Lipinski definition) is 3. The molecule has 0 aromatic heterocycles. The molecule has 1 fully saturated rings. The van der Waals surface area contributed by atoms with Gasteiger partial charge in [0.05, 0.1) is 6.10 Å². The van der Waals surface area contributed by atoms with Crippen LogP contribution in [0.1, 0.15) is 31.9 Å². The topological polar surface area (TPSA) is 35.5 Å². The van der Waals surface area contributed by atoms with Crippen molar-refractivity contribution in [2.75, 3.05) is 26.2 Å². The van der Waals surface area contributed by atoms with Crippen molar-refractivity contribution >= 4 is 11.6 Å². The van der Waals surface area contributed by atoms with Crippen molar-refractivity contribution in [2.24, 2.45) is 5.92 Å². The van der Waals surface area contributed by atoms with Gasteiger partial charge in [-0.1, -0.05) is 37.6 Å². The van der Waals surface area contributed by atoms with Crippen LogP contribution in [0.4, 0.5) is 0 Å². The highest BCUT2D eigenvalue weighted by molar-refractivity contribution is 6.30. The third-order valence-electron chi connectivity index (χ3n) is 4.26. The number of benzene rings is 1. The van der Waals surface area contributed by atoms with E-state index in [1.54, 1.807) is 0 Å². The lowest BCUT2D eigenvalue weighted by atomic mass is 9.93. The number of nitrogens with one attached hydrogen (secondary N) is 1. The molecule has 1 heterocycles. The van der Waals surface area contributed by atoms with Gasteiger partial charge in [-0.05, 0) is 43.1 Å². The smallest absolute Gasteiger partial charge is 0.0914 e. The molecule has 1 aliphatic heterocycles. The van der Waals surface area contributed by atoms with E-state index in [0.717, 1.165) is 31.6 Å². The lowest BCUT2D eigenvalue weighted by molar-refractivity contribution is 0.127. The minimum Gasteiger partial charge on any atom is -0.387 e. The molecular weight excluding hydrogens is 272 g/mol. The molecule has 20 heavy (non-hydrogen) atoms. The molecular formula is C16H25ClN2O. The SMILES string of the molecule is CCN1CCC(NCC(O)c2ccc(Cl)cc2)C(C)C1. The Morgan fingerprint density at radius 3 is 2.70 bits per heavy atom. The first kappa shape index (κ1) is 15.8. The number of rotatable bonds is 5. The quantitative estimate of drug-likeness (QED) is 0.877. The Labute approximate surface area is 126 Å². The van der Waals surface area contributed by atoms with Gasteiger partial charge >= 0.3 is 0 Å². The largest absolute Gasteiger partial charge is 0.387 e. The highest BCUT2D eigenvalue weighted by atomic mass is 35.5. The summed E-state index contributed by atoms with van der Waals surface area (Å²) in [6, 6.07) is 7.92. The first-order valence-corrected chi connectivity index (χ1v) is 7.87. The van der Waals surface area contributed by atoms with Gasteiger partial charge in [0.15, 0.2) is 0 Å². The molecule has 2 N–H and O–H groups in total. The fraction of sp³-hybridized carbons (Fsp3) is 0.625. The van der Waals surface area contributed by atoms with Crippen LogP contribution >= 0.6 is 11.6 Å². The van der Waals surface area contributed by atoms with Gasteiger partial charge in [-0.2, -0.15) is 0 Å². The van der Waals surface area contributed by atoms with Crippen LogP contribution in [0.25, 0.3) is 0 Å². The highest BCUT2D eigenvalue weighted by Crippen LogP contribution is 2.19. The molecule has 0 saturated carbocycles. The van der Waals surface area contributed by atoms with Gasteiger partial charge in [-0.15, -0.1) is 0 Å². The van der Waals surface area contributed by atoms with Gasteiger partial charge in [-0.3, -0.25) is 0 Å². The minimum atomic E-state index is -0.469. The van der Waals surface area contributed by atoms with Crippen LogP contribution in [0.15, 0.2) is 24.3 Å². The number of aliphatic hydroxyl groups excluding tert-OH is 1. The van der Waals surface area contributed by atoms with Crippen molar-refractivity contribution in [3.05, 3.63) is 34.9 Å². The zero-order valence-electron chi connectivity index (χ0n) is 12.3. The van der Waals surface area contributed by atoms with Crippen LogP contribution in [0.5, 0.6) is 0 Å². The van der Waals surface area contributed by atoms with Gasteiger partial charge in [0.1, 0.15) is 0 Å². The van der Waals surface area contributed by atoms with E-state index in [-0.39, 0.29) is 0 Å². The average molecular weight is 297 g/mol. The molecule has 1 aliphatic rings. The van der Waals surface area contributed by atoms with E-state index >= 15 is 0 Å². The van der Waals surface area contributed by atoms with E-state index in [4.69, 9.17) is 11.6 Å². The Hall–Kier alpha value is -0.610. The van der Waals surface area contributed by atoms with Crippen LogP contribution in [-0.2, 0) is 0 Å². The van der Waals surface area contributed by atoms with Gasteiger partial charge in [0.25, 0.3) is 0 Å². The van der Waals surface area contributed by atoms with Gasteiger partial charge < -0.3 is 15.3 Å². The first-order chi connectivity index (χ1) is 9.60. The molecule has 3 atom stereocenters. The molecule has 112 valence electrons. The Morgan fingerprint density at radius 1 is 1.40 bits per heavy atom. The van der Waals surface area contributed by atoms with Crippen LogP contribution in [0.3, 0.4) is 0 Å². The van der Waals surface area contributed by atoms with E-state index in [2.05, 4.69) is 24.1 Å². The summed E-state index contributed by atoms with van der Waals surface area (Å²) in [7, 11) is 0. The maximum atomic E-state index is 10.2. The fourth-order valence-corrected chi connectivity index (χ4v) is 3.01. The van der Waals surface area contributed by atoms with E-state index < -0.39 is 6.10 Å². The van der Waals surface area contributed by atoms with Crippen molar-refractivity contribution in [3.8, 4) is 0 Å². The molecule has 2 rings (SSSR count). The molecule has 0 amide bonds. The van der Waals surface area contributed by atoms with Crippen molar-refractivity contribution < 1.29 is 5.11 Å². The molecule has 3 unspecified atom stereocenters. The predicted octanol–water partition coefficient (Wildman–Crippen LogP) is 2.69. The lowest BCUT2D eigenvalue weighted by Crippen LogP contribution is -2.49. The van der Waals surface area contributed by atoms with Crippen molar-refractivity contribution in [1.82, 2.24) is 10.2 Å². The van der Waals surface area contributed by atoms with Crippen LogP contribution in [-0.4, -0.2) is 42.2 Å². The molecule has 0 bridgehead atoms. The number of piperidine rings is 1. The van der Waals surface area contributed by atoms with Crippen molar-refractivity contribution in [2.45, 2.75) is 32.4 Å². The zero-order chi connectivity index (χ0) is 14.5. The van der Waals surface area contributed by atoms with Crippen LogP contribution < -0.4 is 5.32 Å². The average Bonchev–Trinajstić information content (AvgIpc) is 2.46. The number of hydrogen-bond donors (Lipinski definition) is 2. The van der Waals surface area contributed by atoms with Crippen LogP contribution in [0.2, 0.25) is 5.02 Å². The molecule has 0 aliphatic carbocycles. The normalized spacial score (nSPS) is 25.6. The maximum Gasteiger partial charge on any atom is 0.0914 e. The third-order valence-corrected chi connectivity index (χ3v) is 4.52. The van der Waals surface area contributed by atoms with Crippen molar-refractivity contribution in [3.63, 3.8) is 0 Å². The third kappa shape index (κ3) is 4.19. The second-order valence-electron chi connectivity index (χ2n) is 5.74. The summed E-state index contributed by atoms with van der Waals surface area (Å²) in [5.41, 5.74) is 0.917. The predicted molar refractivity (Wildman–Crippen MR) is 84.1 cm³/mol. The Bertz CT molecular complexity index is 409. The molecule has 1 aromatic rings. The summed E-state index contributed by atoms with van der Waals surface area (Å²) in [6.07, 6.45) is 0.686. The van der Waals surface area contributed by atoms with Gasteiger partial charge in [0.2, 0.25) is 0 Å². The van der Waals surface area contributed by atoms with Gasteiger partial charge in [0, 0.05) is 24.2 Å². The number of aliphatic hydroxyl groups is 1. The second-order valence-corrected chi connectivity index (χ2v) is 6.18. The lowest BCUT2D eigenvalue weighted by Gasteiger charge is -2.37. The van der Waals surface area contributed by atoms with Crippen molar-refractivity contribution in [1.29, 1.82) is 0 Å². The summed E-state index contributed by atoms with van der Waals surface area (Å²) < 4.78 is 0. The Balaban J connectivity index is 1.81. The van der Waals surface area contributed by atoms with E-state index in [0.29, 0.717) is 23.5 Å². The Kier molecular flexibility index (Phi) is 5.85. The van der Waals surface area contributed by atoms with Gasteiger partial charge in [-0.25, -0.2) is 0 Å². The molecule has 1 saturated heterocycles. The molecule has 4 heteroatoms. The number of halogens is 1. The summed E-state index contributed by atoms with van der Waals surface area (Å²) in [4.78, 5) is 2.48.